The number of halogens is 2. The van der Waals surface area contributed by atoms with Crippen molar-refractivity contribution in [3.63, 3.8) is 0 Å². The molecule has 0 saturated heterocycles. The minimum atomic E-state index is -0.797. The van der Waals surface area contributed by atoms with Gasteiger partial charge in [-0.1, -0.05) is 12.1 Å². The van der Waals surface area contributed by atoms with Gasteiger partial charge in [0.15, 0.2) is 0 Å². The van der Waals surface area contributed by atoms with Gasteiger partial charge in [-0.2, -0.15) is 0 Å². The van der Waals surface area contributed by atoms with E-state index in [0.717, 1.165) is 4.90 Å². The zero-order valence-electron chi connectivity index (χ0n) is 9.24. The van der Waals surface area contributed by atoms with E-state index < -0.39 is 4.87 Å². The van der Waals surface area contributed by atoms with Crippen molar-refractivity contribution in [3.8, 4) is 0 Å². The Kier molecular flexibility index (Phi) is 3.15. The first kappa shape index (κ1) is 12.4. The number of hydrogen-bond donors (Lipinski definition) is 0. The number of carbonyl (C=O) groups is 2. The van der Waals surface area contributed by atoms with E-state index in [0.29, 0.717) is 11.1 Å². The highest BCUT2D eigenvalue weighted by atomic mass is 35.5. The summed E-state index contributed by atoms with van der Waals surface area (Å²) in [5, 5.41) is 0. The molecule has 0 N–H and O–H groups in total. The molecule has 1 aliphatic rings. The summed E-state index contributed by atoms with van der Waals surface area (Å²) >= 11 is 11.8. The number of alkyl halides is 2. The van der Waals surface area contributed by atoms with Gasteiger partial charge in [0.2, 0.25) is 0 Å². The van der Waals surface area contributed by atoms with Crippen LogP contribution in [-0.4, -0.2) is 34.0 Å². The lowest BCUT2D eigenvalue weighted by Gasteiger charge is -2.24. The second kappa shape index (κ2) is 4.31. The van der Waals surface area contributed by atoms with Gasteiger partial charge in [-0.15, -0.1) is 23.2 Å². The Bertz CT molecular complexity index is 450. The number of rotatable bonds is 3. The van der Waals surface area contributed by atoms with Crippen LogP contribution >= 0.6 is 23.2 Å². The highest BCUT2D eigenvalue weighted by Crippen LogP contribution is 2.26. The van der Waals surface area contributed by atoms with E-state index in [4.69, 9.17) is 23.2 Å². The minimum absolute atomic E-state index is 0.115. The van der Waals surface area contributed by atoms with Crippen LogP contribution in [0, 0.1) is 0 Å². The number of amides is 2. The van der Waals surface area contributed by atoms with Crippen molar-refractivity contribution < 1.29 is 9.59 Å². The molecule has 0 radical (unpaired) electrons. The highest BCUT2D eigenvalue weighted by molar-refractivity contribution is 6.31. The van der Waals surface area contributed by atoms with Crippen LogP contribution in [-0.2, 0) is 0 Å². The fraction of sp³-hybridized carbons (Fsp3) is 0.333. The Morgan fingerprint density at radius 2 is 1.65 bits per heavy atom. The molecule has 90 valence electrons. The van der Waals surface area contributed by atoms with E-state index in [-0.39, 0.29) is 24.2 Å². The largest absolute Gasteiger partial charge is 0.273 e. The monoisotopic (exact) mass is 271 g/mol. The Morgan fingerprint density at radius 1 is 1.18 bits per heavy atom. The van der Waals surface area contributed by atoms with Gasteiger partial charge in [-0.25, -0.2) is 0 Å². The van der Waals surface area contributed by atoms with E-state index in [9.17, 15) is 9.59 Å². The molecule has 2 rings (SSSR count). The first-order valence-corrected chi connectivity index (χ1v) is 6.07. The van der Waals surface area contributed by atoms with E-state index in [1.54, 1.807) is 31.2 Å². The molecular formula is C12H11Cl2NO2. The number of hydrogen-bond acceptors (Lipinski definition) is 2. The summed E-state index contributed by atoms with van der Waals surface area (Å²) in [6, 6.07) is 6.74. The Morgan fingerprint density at radius 3 is 2.06 bits per heavy atom. The van der Waals surface area contributed by atoms with Crippen LogP contribution in [0.4, 0.5) is 0 Å². The first-order chi connectivity index (χ1) is 7.96. The number of imide groups is 1. The number of benzene rings is 1. The molecule has 1 aliphatic heterocycles. The molecule has 5 heteroatoms. The molecule has 1 unspecified atom stereocenters. The van der Waals surface area contributed by atoms with Gasteiger partial charge in [0.1, 0.15) is 0 Å². The normalized spacial score (nSPS) is 18.2. The van der Waals surface area contributed by atoms with E-state index in [1.807, 2.05) is 0 Å². The third-order valence-corrected chi connectivity index (χ3v) is 3.62. The molecule has 0 fully saturated rings. The lowest BCUT2D eigenvalue weighted by Crippen LogP contribution is -2.41. The standard InChI is InChI=1S/C12H11Cl2NO2/c1-12(14,6-13)7-15-10(16)8-4-2-3-5-9(8)11(15)17/h2-5H,6-7H2,1H3. The van der Waals surface area contributed by atoms with E-state index >= 15 is 0 Å². The molecule has 0 saturated carbocycles. The van der Waals surface area contributed by atoms with Crippen LogP contribution in [0.1, 0.15) is 27.6 Å². The summed E-state index contributed by atoms with van der Waals surface area (Å²) in [6.07, 6.45) is 0. The zero-order valence-corrected chi connectivity index (χ0v) is 10.8. The van der Waals surface area contributed by atoms with Crippen molar-refractivity contribution in [1.82, 2.24) is 4.90 Å². The van der Waals surface area contributed by atoms with E-state index in [1.165, 1.54) is 0 Å². The predicted molar refractivity (Wildman–Crippen MR) is 66.8 cm³/mol. The van der Waals surface area contributed by atoms with E-state index in [2.05, 4.69) is 0 Å². The molecule has 1 atom stereocenters. The first-order valence-electron chi connectivity index (χ1n) is 5.16. The van der Waals surface area contributed by atoms with Gasteiger partial charge in [0, 0.05) is 12.4 Å². The second-order valence-electron chi connectivity index (χ2n) is 4.29. The maximum absolute atomic E-state index is 12.0. The van der Waals surface area contributed by atoms with Crippen molar-refractivity contribution in [1.29, 1.82) is 0 Å². The topological polar surface area (TPSA) is 37.4 Å². The van der Waals surface area contributed by atoms with Gasteiger partial charge < -0.3 is 0 Å². The molecular weight excluding hydrogens is 261 g/mol. The third-order valence-electron chi connectivity index (χ3n) is 2.64. The Balaban J connectivity index is 2.31. The molecule has 1 aromatic carbocycles. The fourth-order valence-electron chi connectivity index (χ4n) is 1.75. The lowest BCUT2D eigenvalue weighted by atomic mass is 10.1. The van der Waals surface area contributed by atoms with Crippen LogP contribution in [0.3, 0.4) is 0 Å². The van der Waals surface area contributed by atoms with Gasteiger partial charge in [-0.3, -0.25) is 14.5 Å². The fourth-order valence-corrected chi connectivity index (χ4v) is 1.96. The summed E-state index contributed by atoms with van der Waals surface area (Å²) in [5.74, 6) is -0.438. The molecule has 0 spiro atoms. The summed E-state index contributed by atoms with van der Waals surface area (Å²) in [6.45, 7) is 1.81. The summed E-state index contributed by atoms with van der Waals surface area (Å²) in [5.41, 5.74) is 0.860. The molecule has 3 nitrogen and oxygen atoms in total. The third kappa shape index (κ3) is 2.17. The Hall–Kier alpha value is -1.06. The van der Waals surface area contributed by atoms with Crippen molar-refractivity contribution in [2.75, 3.05) is 12.4 Å². The van der Waals surface area contributed by atoms with Gasteiger partial charge in [-0.05, 0) is 19.1 Å². The number of nitrogens with zero attached hydrogens (tertiary/aromatic N) is 1. The maximum atomic E-state index is 12.0. The van der Waals surface area contributed by atoms with Gasteiger partial charge in [0.05, 0.1) is 16.0 Å². The van der Waals surface area contributed by atoms with Crippen LogP contribution in [0.25, 0.3) is 0 Å². The average Bonchev–Trinajstić information content (AvgIpc) is 2.55. The molecule has 17 heavy (non-hydrogen) atoms. The van der Waals surface area contributed by atoms with Crippen LogP contribution < -0.4 is 0 Å². The quantitative estimate of drug-likeness (QED) is 0.626. The molecule has 1 heterocycles. The van der Waals surface area contributed by atoms with Crippen molar-refractivity contribution in [2.45, 2.75) is 11.8 Å². The van der Waals surface area contributed by atoms with Crippen molar-refractivity contribution in [3.05, 3.63) is 35.4 Å². The summed E-state index contributed by atoms with van der Waals surface area (Å²) in [4.78, 5) is 24.4. The minimum Gasteiger partial charge on any atom is -0.273 e. The Labute approximate surface area is 109 Å². The van der Waals surface area contributed by atoms with Gasteiger partial charge in [0.25, 0.3) is 11.8 Å². The summed E-state index contributed by atoms with van der Waals surface area (Å²) < 4.78 is 0. The maximum Gasteiger partial charge on any atom is 0.261 e. The summed E-state index contributed by atoms with van der Waals surface area (Å²) in [7, 11) is 0. The number of fused-ring (bicyclic) bond motifs is 1. The molecule has 0 bridgehead atoms. The SMILES string of the molecule is CC(Cl)(CCl)CN1C(=O)c2ccccc2C1=O. The highest BCUT2D eigenvalue weighted by Gasteiger charge is 2.38. The van der Waals surface area contributed by atoms with Crippen molar-refractivity contribution >= 4 is 35.0 Å². The molecule has 0 aromatic heterocycles. The predicted octanol–water partition coefficient (Wildman–Crippen LogP) is 2.52. The molecule has 0 aliphatic carbocycles. The smallest absolute Gasteiger partial charge is 0.261 e. The van der Waals surface area contributed by atoms with Gasteiger partial charge >= 0.3 is 0 Å². The van der Waals surface area contributed by atoms with Crippen LogP contribution in [0.2, 0.25) is 0 Å². The van der Waals surface area contributed by atoms with Crippen LogP contribution in [0.15, 0.2) is 24.3 Å². The second-order valence-corrected chi connectivity index (χ2v) is 5.47. The average molecular weight is 272 g/mol. The lowest BCUT2D eigenvalue weighted by molar-refractivity contribution is 0.0642. The van der Waals surface area contributed by atoms with Crippen molar-refractivity contribution in [2.24, 2.45) is 0 Å². The molecule has 2 amide bonds. The molecule has 1 aromatic rings. The zero-order chi connectivity index (χ0) is 12.6. The number of carbonyl (C=O) groups excluding carboxylic acids is 2. The van der Waals surface area contributed by atoms with Crippen LogP contribution in [0.5, 0.6) is 0 Å².